The maximum absolute atomic E-state index is 4.38. The van der Waals surface area contributed by atoms with E-state index < -0.39 is 0 Å². The Morgan fingerprint density at radius 3 is 2.32 bits per heavy atom. The molecule has 146 valence electrons. The van der Waals surface area contributed by atoms with E-state index in [1.165, 1.54) is 22.5 Å². The summed E-state index contributed by atoms with van der Waals surface area (Å²) in [5.41, 5.74) is 3.65. The van der Waals surface area contributed by atoms with E-state index in [-0.39, 0.29) is 0 Å². The number of rotatable bonds is 7. The molecule has 0 aliphatic rings. The SMILES string of the molecule is C=Cc1ccccc1.CCSc1nnc(N=Cc2ccc(C(C)CC)cc2)s1. The first kappa shape index (κ1) is 22.1. The van der Waals surface area contributed by atoms with Crippen molar-refractivity contribution in [2.45, 2.75) is 37.4 Å². The molecule has 28 heavy (non-hydrogen) atoms. The Labute approximate surface area is 176 Å². The third kappa shape index (κ3) is 7.41. The van der Waals surface area contributed by atoms with E-state index in [1.54, 1.807) is 11.8 Å². The van der Waals surface area contributed by atoms with Gasteiger partial charge < -0.3 is 0 Å². The number of thioether (sulfide) groups is 1. The molecule has 1 atom stereocenters. The lowest BCUT2D eigenvalue weighted by molar-refractivity contribution is 0.733. The zero-order valence-electron chi connectivity index (χ0n) is 16.7. The Morgan fingerprint density at radius 2 is 1.75 bits per heavy atom. The predicted octanol–water partition coefficient (Wildman–Crippen LogP) is 7.24. The summed E-state index contributed by atoms with van der Waals surface area (Å²) in [6.45, 7) is 10.2. The predicted molar refractivity (Wildman–Crippen MR) is 125 cm³/mol. The molecule has 0 aliphatic carbocycles. The second kappa shape index (κ2) is 12.3. The van der Waals surface area contributed by atoms with E-state index >= 15 is 0 Å². The van der Waals surface area contributed by atoms with Gasteiger partial charge in [-0.1, -0.05) is 111 Å². The summed E-state index contributed by atoms with van der Waals surface area (Å²) in [7, 11) is 0. The molecular formula is C23H27N3S2. The van der Waals surface area contributed by atoms with Gasteiger partial charge in [-0.2, -0.15) is 0 Å². The van der Waals surface area contributed by atoms with E-state index in [1.807, 2.05) is 42.6 Å². The Morgan fingerprint density at radius 1 is 1.04 bits per heavy atom. The van der Waals surface area contributed by atoms with Gasteiger partial charge in [0.2, 0.25) is 5.13 Å². The van der Waals surface area contributed by atoms with Crippen LogP contribution in [-0.4, -0.2) is 22.2 Å². The fraction of sp³-hybridized carbons (Fsp3) is 0.261. The molecule has 0 fully saturated rings. The molecule has 0 spiro atoms. The number of benzene rings is 2. The van der Waals surface area contributed by atoms with Crippen LogP contribution in [0, 0.1) is 0 Å². The Kier molecular flexibility index (Phi) is 9.66. The molecule has 3 nitrogen and oxygen atoms in total. The van der Waals surface area contributed by atoms with Crippen LogP contribution in [0.2, 0.25) is 0 Å². The van der Waals surface area contributed by atoms with Gasteiger partial charge in [-0.25, -0.2) is 4.99 Å². The molecule has 0 saturated heterocycles. The van der Waals surface area contributed by atoms with Crippen molar-refractivity contribution in [1.29, 1.82) is 0 Å². The standard InChI is InChI=1S/C15H19N3S2.C8H8/c1-4-11(3)13-8-6-12(7-9-13)10-16-14-17-18-15(20-14)19-5-2;1-2-8-6-4-3-5-7-8/h6-11H,4-5H2,1-3H3;2-7H,1H2. The normalized spacial score (nSPS) is 11.7. The summed E-state index contributed by atoms with van der Waals surface area (Å²) in [6.07, 6.45) is 4.84. The second-order valence-corrected chi connectivity index (χ2v) is 8.60. The molecule has 5 heteroatoms. The summed E-state index contributed by atoms with van der Waals surface area (Å²) in [4.78, 5) is 4.38. The maximum atomic E-state index is 4.38. The minimum atomic E-state index is 0.609. The van der Waals surface area contributed by atoms with Crippen LogP contribution in [0.25, 0.3) is 6.08 Å². The van der Waals surface area contributed by atoms with Crippen molar-refractivity contribution in [3.63, 3.8) is 0 Å². The van der Waals surface area contributed by atoms with Gasteiger partial charge in [-0.15, -0.1) is 10.2 Å². The van der Waals surface area contributed by atoms with Crippen molar-refractivity contribution in [3.8, 4) is 0 Å². The number of aromatic nitrogens is 2. The molecule has 0 N–H and O–H groups in total. The van der Waals surface area contributed by atoms with E-state index in [0.29, 0.717) is 11.0 Å². The first-order valence-corrected chi connectivity index (χ1v) is 11.2. The molecule has 0 amide bonds. The Balaban J connectivity index is 0.000000292. The monoisotopic (exact) mass is 409 g/mol. The van der Waals surface area contributed by atoms with Crippen LogP contribution in [0.3, 0.4) is 0 Å². The highest BCUT2D eigenvalue weighted by atomic mass is 32.2. The van der Waals surface area contributed by atoms with E-state index in [4.69, 9.17) is 0 Å². The van der Waals surface area contributed by atoms with E-state index in [2.05, 4.69) is 66.8 Å². The highest BCUT2D eigenvalue weighted by Crippen LogP contribution is 2.26. The fourth-order valence-electron chi connectivity index (χ4n) is 2.30. The molecule has 0 radical (unpaired) electrons. The van der Waals surface area contributed by atoms with Crippen molar-refractivity contribution in [3.05, 3.63) is 77.9 Å². The zero-order chi connectivity index (χ0) is 20.2. The minimum Gasteiger partial charge on any atom is -0.226 e. The lowest BCUT2D eigenvalue weighted by Gasteiger charge is -2.08. The third-order valence-electron chi connectivity index (χ3n) is 4.14. The van der Waals surface area contributed by atoms with Gasteiger partial charge in [-0.05, 0) is 34.8 Å². The molecule has 3 aromatic rings. The average Bonchev–Trinajstić information content (AvgIpc) is 3.21. The average molecular weight is 410 g/mol. The minimum absolute atomic E-state index is 0.609. The highest BCUT2D eigenvalue weighted by molar-refractivity contribution is 8.01. The van der Waals surface area contributed by atoms with Gasteiger partial charge >= 0.3 is 0 Å². The highest BCUT2D eigenvalue weighted by Gasteiger charge is 2.03. The molecule has 0 saturated carbocycles. The van der Waals surface area contributed by atoms with Gasteiger partial charge in [0.05, 0.1) is 0 Å². The number of aliphatic imine (C=N–C) groups is 1. The van der Waals surface area contributed by atoms with Crippen LogP contribution in [0.1, 0.15) is 49.8 Å². The molecule has 1 aromatic heterocycles. The molecule has 1 heterocycles. The van der Waals surface area contributed by atoms with Crippen LogP contribution in [-0.2, 0) is 0 Å². The third-order valence-corrected chi connectivity index (χ3v) is 5.99. The van der Waals surface area contributed by atoms with Crippen molar-refractivity contribution in [1.82, 2.24) is 10.2 Å². The summed E-state index contributed by atoms with van der Waals surface area (Å²) in [5, 5.41) is 8.86. The van der Waals surface area contributed by atoms with E-state index in [0.717, 1.165) is 22.1 Å². The Hall–Kier alpha value is -2.24. The second-order valence-electron chi connectivity index (χ2n) is 6.13. The lowest BCUT2D eigenvalue weighted by Crippen LogP contribution is -1.91. The quantitative estimate of drug-likeness (QED) is 0.305. The van der Waals surface area contributed by atoms with Gasteiger partial charge in [0.15, 0.2) is 4.34 Å². The van der Waals surface area contributed by atoms with E-state index in [9.17, 15) is 0 Å². The summed E-state index contributed by atoms with van der Waals surface area (Å²) in [5.74, 6) is 1.62. The van der Waals surface area contributed by atoms with Gasteiger partial charge in [0.25, 0.3) is 0 Å². The number of hydrogen-bond acceptors (Lipinski definition) is 5. The van der Waals surface area contributed by atoms with Crippen molar-refractivity contribution in [2.24, 2.45) is 4.99 Å². The van der Waals surface area contributed by atoms with Crippen LogP contribution in [0.15, 0.2) is 70.5 Å². The number of hydrogen-bond donors (Lipinski definition) is 0. The van der Waals surface area contributed by atoms with Crippen molar-refractivity contribution < 1.29 is 0 Å². The largest absolute Gasteiger partial charge is 0.232 e. The molecule has 3 rings (SSSR count). The molecular weight excluding hydrogens is 382 g/mol. The van der Waals surface area contributed by atoms with Crippen LogP contribution >= 0.6 is 23.1 Å². The fourth-order valence-corrected chi connectivity index (χ4v) is 3.88. The zero-order valence-corrected chi connectivity index (χ0v) is 18.3. The van der Waals surface area contributed by atoms with Gasteiger partial charge in [0.1, 0.15) is 0 Å². The lowest BCUT2D eigenvalue weighted by atomic mass is 9.98. The first-order valence-electron chi connectivity index (χ1n) is 9.44. The van der Waals surface area contributed by atoms with Crippen LogP contribution in [0.5, 0.6) is 0 Å². The number of nitrogens with zero attached hydrogens (tertiary/aromatic N) is 3. The van der Waals surface area contributed by atoms with Gasteiger partial charge in [-0.3, -0.25) is 0 Å². The summed E-state index contributed by atoms with van der Waals surface area (Å²) >= 11 is 3.23. The maximum Gasteiger partial charge on any atom is 0.232 e. The smallest absolute Gasteiger partial charge is 0.226 e. The summed E-state index contributed by atoms with van der Waals surface area (Å²) in [6, 6.07) is 18.6. The Bertz CT molecular complexity index is 855. The summed E-state index contributed by atoms with van der Waals surface area (Å²) < 4.78 is 0.978. The van der Waals surface area contributed by atoms with Crippen molar-refractivity contribution >= 4 is 40.5 Å². The molecule has 2 aromatic carbocycles. The van der Waals surface area contributed by atoms with Crippen LogP contribution < -0.4 is 0 Å². The molecule has 1 unspecified atom stereocenters. The topological polar surface area (TPSA) is 38.1 Å². The van der Waals surface area contributed by atoms with Crippen molar-refractivity contribution in [2.75, 3.05) is 5.75 Å². The molecule has 0 aliphatic heterocycles. The van der Waals surface area contributed by atoms with Crippen LogP contribution in [0.4, 0.5) is 5.13 Å². The first-order chi connectivity index (χ1) is 13.7. The molecule has 0 bridgehead atoms. The van der Waals surface area contributed by atoms with Gasteiger partial charge in [0, 0.05) is 6.21 Å².